The van der Waals surface area contributed by atoms with E-state index in [-0.39, 0.29) is 13.2 Å². The fourth-order valence-corrected chi connectivity index (χ4v) is 0.962. The molecule has 0 aliphatic heterocycles. The van der Waals surface area contributed by atoms with E-state index in [0.29, 0.717) is 5.57 Å². The zero-order valence-corrected chi connectivity index (χ0v) is 9.43. The van der Waals surface area contributed by atoms with Crippen molar-refractivity contribution in [2.24, 2.45) is 0 Å². The van der Waals surface area contributed by atoms with Gasteiger partial charge in [-0.3, -0.25) is 0 Å². The molecule has 0 rings (SSSR count). The number of esters is 1. The van der Waals surface area contributed by atoms with E-state index in [9.17, 15) is 13.2 Å². The zero-order valence-electron chi connectivity index (χ0n) is 8.61. The molecule has 0 unspecified atom stereocenters. The summed E-state index contributed by atoms with van der Waals surface area (Å²) < 4.78 is 27.7. The van der Waals surface area contributed by atoms with Crippen LogP contribution in [0.5, 0.6) is 0 Å². The maximum atomic E-state index is 10.9. The largest absolute Gasteiger partial charge is 0.461 e. The highest BCUT2D eigenvalue weighted by Gasteiger charge is 2.11. The number of sulfonamides is 1. The quantitative estimate of drug-likeness (QED) is 0.484. The molecule has 0 fully saturated rings. The molecule has 0 aromatic rings. The summed E-state index contributed by atoms with van der Waals surface area (Å²) in [6.07, 6.45) is 1.09. The van der Waals surface area contributed by atoms with Crippen LogP contribution < -0.4 is 0 Å². The van der Waals surface area contributed by atoms with E-state index in [4.69, 9.17) is 4.74 Å². The molecular formula is C8H15NO4S. The van der Waals surface area contributed by atoms with Crippen LogP contribution in [-0.4, -0.2) is 45.1 Å². The molecule has 0 saturated heterocycles. The fourth-order valence-electron chi connectivity index (χ4n) is 0.556. The monoisotopic (exact) mass is 221 g/mol. The zero-order chi connectivity index (χ0) is 11.4. The van der Waals surface area contributed by atoms with Gasteiger partial charge in [-0.15, -0.1) is 0 Å². The number of carbonyl (C=O) groups excluding carboxylic acids is 1. The molecule has 0 amide bonds. The van der Waals surface area contributed by atoms with Crippen molar-refractivity contribution in [2.45, 2.75) is 6.92 Å². The number of rotatable bonds is 5. The maximum absolute atomic E-state index is 10.9. The van der Waals surface area contributed by atoms with E-state index in [2.05, 4.69) is 6.58 Å². The summed E-state index contributed by atoms with van der Waals surface area (Å²) in [5.41, 5.74) is 0.298. The van der Waals surface area contributed by atoms with Gasteiger partial charge in [0.2, 0.25) is 10.0 Å². The van der Waals surface area contributed by atoms with Crippen molar-refractivity contribution >= 4 is 16.0 Å². The maximum Gasteiger partial charge on any atom is 0.333 e. The van der Waals surface area contributed by atoms with Crippen molar-refractivity contribution in [3.8, 4) is 0 Å². The Kier molecular flexibility index (Phi) is 4.79. The van der Waals surface area contributed by atoms with Gasteiger partial charge in [0.15, 0.2) is 0 Å². The normalized spacial score (nSPS) is 11.4. The van der Waals surface area contributed by atoms with Gasteiger partial charge in [0.1, 0.15) is 6.61 Å². The van der Waals surface area contributed by atoms with E-state index in [1.807, 2.05) is 0 Å². The van der Waals surface area contributed by atoms with Gasteiger partial charge in [-0.2, -0.15) is 0 Å². The van der Waals surface area contributed by atoms with E-state index in [1.165, 1.54) is 14.0 Å². The molecule has 0 radical (unpaired) electrons. The Morgan fingerprint density at radius 1 is 1.50 bits per heavy atom. The lowest BCUT2D eigenvalue weighted by atomic mass is 10.4. The predicted molar refractivity (Wildman–Crippen MR) is 53.2 cm³/mol. The molecule has 6 heteroatoms. The number of hydrogen-bond donors (Lipinski definition) is 0. The standard InChI is InChI=1S/C8H15NO4S/c1-7(2)8(10)13-6-5-9(3)14(4,11)12/h1,5-6H2,2-4H3. The van der Waals surface area contributed by atoms with Crippen molar-refractivity contribution in [3.63, 3.8) is 0 Å². The summed E-state index contributed by atoms with van der Waals surface area (Å²) >= 11 is 0. The fraction of sp³-hybridized carbons (Fsp3) is 0.625. The van der Waals surface area contributed by atoms with Crippen molar-refractivity contribution in [1.82, 2.24) is 4.31 Å². The third-order valence-corrected chi connectivity index (χ3v) is 2.87. The lowest BCUT2D eigenvalue weighted by Crippen LogP contribution is -2.29. The second-order valence-electron chi connectivity index (χ2n) is 3.00. The van der Waals surface area contributed by atoms with Crippen LogP contribution in [0, 0.1) is 0 Å². The minimum atomic E-state index is -3.20. The van der Waals surface area contributed by atoms with Crippen LogP contribution in [0.2, 0.25) is 0 Å². The van der Waals surface area contributed by atoms with Crippen LogP contribution in [0.15, 0.2) is 12.2 Å². The van der Waals surface area contributed by atoms with Crippen LogP contribution in [0.1, 0.15) is 6.92 Å². The Morgan fingerprint density at radius 2 is 2.00 bits per heavy atom. The summed E-state index contributed by atoms with van der Waals surface area (Å²) in [7, 11) is -1.78. The Labute approximate surface area is 84.4 Å². The summed E-state index contributed by atoms with van der Waals surface area (Å²) in [5, 5.41) is 0. The van der Waals surface area contributed by atoms with Crippen LogP contribution in [0.4, 0.5) is 0 Å². The minimum Gasteiger partial charge on any atom is -0.461 e. The Bertz CT molecular complexity index is 320. The first-order chi connectivity index (χ1) is 6.25. The molecule has 82 valence electrons. The first-order valence-corrected chi connectivity index (χ1v) is 5.84. The van der Waals surface area contributed by atoms with Gasteiger partial charge in [0.05, 0.1) is 6.26 Å². The third kappa shape index (κ3) is 4.98. The number of likely N-dealkylation sites (N-methyl/N-ethyl adjacent to an activating group) is 1. The second kappa shape index (κ2) is 5.11. The molecule has 14 heavy (non-hydrogen) atoms. The summed E-state index contributed by atoms with van der Waals surface area (Å²) in [5.74, 6) is -0.507. The van der Waals surface area contributed by atoms with Gasteiger partial charge in [-0.1, -0.05) is 6.58 Å². The van der Waals surface area contributed by atoms with Crippen LogP contribution in [-0.2, 0) is 19.6 Å². The van der Waals surface area contributed by atoms with E-state index >= 15 is 0 Å². The summed E-state index contributed by atoms with van der Waals surface area (Å²) in [4.78, 5) is 10.9. The van der Waals surface area contributed by atoms with E-state index in [0.717, 1.165) is 10.6 Å². The van der Waals surface area contributed by atoms with Crippen molar-refractivity contribution in [1.29, 1.82) is 0 Å². The topological polar surface area (TPSA) is 63.7 Å². The number of carbonyl (C=O) groups is 1. The Morgan fingerprint density at radius 3 is 2.36 bits per heavy atom. The molecule has 0 saturated carbocycles. The van der Waals surface area contributed by atoms with Crippen LogP contribution >= 0.6 is 0 Å². The van der Waals surface area contributed by atoms with Gasteiger partial charge in [0, 0.05) is 19.2 Å². The minimum absolute atomic E-state index is 0.0370. The van der Waals surface area contributed by atoms with Gasteiger partial charge in [0.25, 0.3) is 0 Å². The molecular weight excluding hydrogens is 206 g/mol. The second-order valence-corrected chi connectivity index (χ2v) is 5.09. The summed E-state index contributed by atoms with van der Waals surface area (Å²) in [6, 6.07) is 0. The number of nitrogens with zero attached hydrogens (tertiary/aromatic N) is 1. The van der Waals surface area contributed by atoms with Gasteiger partial charge < -0.3 is 4.74 Å². The van der Waals surface area contributed by atoms with E-state index in [1.54, 1.807) is 0 Å². The average molecular weight is 221 g/mol. The third-order valence-electron chi connectivity index (χ3n) is 1.55. The summed E-state index contributed by atoms with van der Waals surface area (Å²) in [6.45, 7) is 5.11. The molecule has 0 bridgehead atoms. The van der Waals surface area contributed by atoms with Crippen molar-refractivity contribution in [2.75, 3.05) is 26.5 Å². The first kappa shape index (κ1) is 13.1. The Balaban J connectivity index is 3.87. The van der Waals surface area contributed by atoms with Crippen LogP contribution in [0.25, 0.3) is 0 Å². The molecule has 0 spiro atoms. The lowest BCUT2D eigenvalue weighted by molar-refractivity contribution is -0.139. The number of ether oxygens (including phenoxy) is 1. The highest BCUT2D eigenvalue weighted by Crippen LogP contribution is 1.95. The lowest BCUT2D eigenvalue weighted by Gasteiger charge is -2.13. The van der Waals surface area contributed by atoms with Crippen molar-refractivity contribution < 1.29 is 17.9 Å². The van der Waals surface area contributed by atoms with Gasteiger partial charge >= 0.3 is 5.97 Å². The SMILES string of the molecule is C=C(C)C(=O)OCCN(C)S(C)(=O)=O. The Hall–Kier alpha value is -0.880. The highest BCUT2D eigenvalue weighted by atomic mass is 32.2. The predicted octanol–water partition coefficient (Wildman–Crippen LogP) is -0.00290. The van der Waals surface area contributed by atoms with Crippen molar-refractivity contribution in [3.05, 3.63) is 12.2 Å². The highest BCUT2D eigenvalue weighted by molar-refractivity contribution is 7.88. The van der Waals surface area contributed by atoms with Crippen LogP contribution in [0.3, 0.4) is 0 Å². The van der Waals surface area contributed by atoms with E-state index < -0.39 is 16.0 Å². The number of hydrogen-bond acceptors (Lipinski definition) is 4. The molecule has 0 N–H and O–H groups in total. The molecule has 0 aromatic heterocycles. The molecule has 0 heterocycles. The average Bonchev–Trinajstić information content (AvgIpc) is 2.01. The van der Waals surface area contributed by atoms with Gasteiger partial charge in [-0.05, 0) is 6.92 Å². The molecule has 0 aromatic carbocycles. The molecule has 0 aliphatic carbocycles. The molecule has 0 aliphatic rings. The molecule has 0 atom stereocenters. The smallest absolute Gasteiger partial charge is 0.333 e. The first-order valence-electron chi connectivity index (χ1n) is 3.99. The molecule has 5 nitrogen and oxygen atoms in total. The van der Waals surface area contributed by atoms with Gasteiger partial charge in [-0.25, -0.2) is 17.5 Å².